The molecule has 3 atom stereocenters. The Morgan fingerprint density at radius 1 is 1.11 bits per heavy atom. The first kappa shape index (κ1) is 14.3. The topological polar surface area (TPSA) is 23.5 Å². The summed E-state index contributed by atoms with van der Waals surface area (Å²) in [6, 6.07) is 1.44. The highest BCUT2D eigenvalue weighted by Gasteiger charge is 2.43. The largest absolute Gasteiger partial charge is 0.393 e. The minimum Gasteiger partial charge on any atom is -0.393 e. The van der Waals surface area contributed by atoms with Crippen LogP contribution in [0.3, 0.4) is 0 Å². The predicted molar refractivity (Wildman–Crippen MR) is 76.6 cm³/mol. The Labute approximate surface area is 113 Å². The molecule has 2 heteroatoms. The standard InChI is InChI=1S/C16H31NO/c1-5-10-17(12-6-7-12)15-11-13(18)8-9-14(15)16(2,3)4/h12-15,18H,5-11H2,1-4H3. The summed E-state index contributed by atoms with van der Waals surface area (Å²) in [5.41, 5.74) is 0.367. The average molecular weight is 253 g/mol. The summed E-state index contributed by atoms with van der Waals surface area (Å²) in [6.45, 7) is 10.6. The third kappa shape index (κ3) is 3.27. The number of hydrogen-bond acceptors (Lipinski definition) is 2. The van der Waals surface area contributed by atoms with Crippen LogP contribution in [0.25, 0.3) is 0 Å². The average Bonchev–Trinajstić information content (AvgIpc) is 3.07. The Morgan fingerprint density at radius 3 is 2.28 bits per heavy atom. The molecule has 0 spiro atoms. The molecule has 0 aromatic rings. The first-order valence-electron chi connectivity index (χ1n) is 7.87. The van der Waals surface area contributed by atoms with E-state index >= 15 is 0 Å². The molecule has 18 heavy (non-hydrogen) atoms. The summed E-state index contributed by atoms with van der Waals surface area (Å²) in [5.74, 6) is 0.744. The molecule has 0 aliphatic heterocycles. The van der Waals surface area contributed by atoms with Crippen molar-refractivity contribution in [1.82, 2.24) is 4.90 Å². The summed E-state index contributed by atoms with van der Waals surface area (Å²) in [6.07, 6.45) is 7.13. The normalized spacial score (nSPS) is 34.0. The van der Waals surface area contributed by atoms with Crippen LogP contribution in [0.2, 0.25) is 0 Å². The SMILES string of the molecule is CCCN(C1CC1)C1CC(O)CCC1C(C)(C)C. The highest BCUT2D eigenvalue weighted by atomic mass is 16.3. The van der Waals surface area contributed by atoms with Crippen LogP contribution in [0.15, 0.2) is 0 Å². The molecule has 0 radical (unpaired) electrons. The lowest BCUT2D eigenvalue weighted by Gasteiger charge is -2.47. The molecule has 2 nitrogen and oxygen atoms in total. The number of rotatable bonds is 4. The van der Waals surface area contributed by atoms with Crippen molar-refractivity contribution >= 4 is 0 Å². The molecule has 0 saturated heterocycles. The molecule has 0 aromatic carbocycles. The van der Waals surface area contributed by atoms with Crippen molar-refractivity contribution in [1.29, 1.82) is 0 Å². The quantitative estimate of drug-likeness (QED) is 0.829. The Bertz CT molecular complexity index is 267. The van der Waals surface area contributed by atoms with Crippen molar-refractivity contribution in [3.63, 3.8) is 0 Å². The van der Waals surface area contributed by atoms with Crippen molar-refractivity contribution in [2.24, 2.45) is 11.3 Å². The minimum absolute atomic E-state index is 0.0632. The van der Waals surface area contributed by atoms with Gasteiger partial charge in [-0.05, 0) is 56.4 Å². The zero-order valence-corrected chi connectivity index (χ0v) is 12.7. The number of aliphatic hydroxyl groups excluding tert-OH is 1. The van der Waals surface area contributed by atoms with Crippen LogP contribution in [0, 0.1) is 11.3 Å². The maximum absolute atomic E-state index is 10.1. The summed E-state index contributed by atoms with van der Waals surface area (Å²) < 4.78 is 0. The molecule has 0 bridgehead atoms. The van der Waals surface area contributed by atoms with Crippen molar-refractivity contribution in [3.05, 3.63) is 0 Å². The Hall–Kier alpha value is -0.0800. The molecule has 1 N–H and O–H groups in total. The zero-order chi connectivity index (χ0) is 13.3. The van der Waals surface area contributed by atoms with E-state index in [2.05, 4.69) is 32.6 Å². The molecule has 0 amide bonds. The monoisotopic (exact) mass is 253 g/mol. The van der Waals surface area contributed by atoms with Crippen LogP contribution < -0.4 is 0 Å². The second kappa shape index (κ2) is 5.50. The molecule has 0 aromatic heterocycles. The van der Waals surface area contributed by atoms with E-state index in [4.69, 9.17) is 0 Å². The van der Waals surface area contributed by atoms with Crippen LogP contribution in [0.5, 0.6) is 0 Å². The van der Waals surface area contributed by atoms with Crippen LogP contribution in [0.1, 0.15) is 66.2 Å². The van der Waals surface area contributed by atoms with Gasteiger partial charge < -0.3 is 5.11 Å². The van der Waals surface area contributed by atoms with Crippen molar-refractivity contribution in [3.8, 4) is 0 Å². The maximum atomic E-state index is 10.1. The zero-order valence-electron chi connectivity index (χ0n) is 12.7. The Balaban J connectivity index is 2.12. The van der Waals surface area contributed by atoms with Crippen molar-refractivity contribution in [2.45, 2.75) is 84.4 Å². The number of nitrogens with zero attached hydrogens (tertiary/aromatic N) is 1. The second-order valence-electron chi connectivity index (χ2n) is 7.48. The molecule has 2 fully saturated rings. The lowest BCUT2D eigenvalue weighted by Crippen LogP contribution is -2.50. The van der Waals surface area contributed by atoms with Gasteiger partial charge >= 0.3 is 0 Å². The van der Waals surface area contributed by atoms with Gasteiger partial charge in [0.2, 0.25) is 0 Å². The van der Waals surface area contributed by atoms with Crippen LogP contribution in [0.4, 0.5) is 0 Å². The third-order valence-corrected chi connectivity index (χ3v) is 4.82. The van der Waals surface area contributed by atoms with E-state index in [1.807, 2.05) is 0 Å². The van der Waals surface area contributed by atoms with Gasteiger partial charge in [-0.1, -0.05) is 27.7 Å². The smallest absolute Gasteiger partial charge is 0.0555 e. The Kier molecular flexibility index (Phi) is 4.38. The summed E-state index contributed by atoms with van der Waals surface area (Å²) in [4.78, 5) is 2.73. The van der Waals surface area contributed by atoms with Crippen LogP contribution in [-0.2, 0) is 0 Å². The predicted octanol–water partition coefficient (Wildman–Crippen LogP) is 3.44. The van der Waals surface area contributed by atoms with Gasteiger partial charge in [-0.2, -0.15) is 0 Å². The minimum atomic E-state index is -0.0632. The highest BCUT2D eigenvalue weighted by molar-refractivity contribution is 4.97. The van der Waals surface area contributed by atoms with E-state index in [1.54, 1.807) is 0 Å². The van der Waals surface area contributed by atoms with E-state index in [0.29, 0.717) is 11.5 Å². The third-order valence-electron chi connectivity index (χ3n) is 4.82. The molecule has 2 saturated carbocycles. The fourth-order valence-electron chi connectivity index (χ4n) is 3.79. The van der Waals surface area contributed by atoms with E-state index in [-0.39, 0.29) is 6.10 Å². The summed E-state index contributed by atoms with van der Waals surface area (Å²) in [7, 11) is 0. The summed E-state index contributed by atoms with van der Waals surface area (Å²) in [5, 5.41) is 10.1. The van der Waals surface area contributed by atoms with E-state index in [0.717, 1.165) is 24.8 Å². The van der Waals surface area contributed by atoms with Crippen molar-refractivity contribution in [2.75, 3.05) is 6.54 Å². The van der Waals surface area contributed by atoms with Gasteiger partial charge in [0.15, 0.2) is 0 Å². The second-order valence-corrected chi connectivity index (χ2v) is 7.48. The molecule has 2 rings (SSSR count). The van der Waals surface area contributed by atoms with E-state index in [1.165, 1.54) is 32.2 Å². The molecule has 2 aliphatic rings. The molecule has 0 heterocycles. The first-order chi connectivity index (χ1) is 8.43. The molecule has 106 valence electrons. The molecule has 2 aliphatic carbocycles. The fraction of sp³-hybridized carbons (Fsp3) is 1.00. The number of aliphatic hydroxyl groups is 1. The fourth-order valence-corrected chi connectivity index (χ4v) is 3.79. The highest BCUT2D eigenvalue weighted by Crippen LogP contribution is 2.43. The molecular weight excluding hydrogens is 222 g/mol. The van der Waals surface area contributed by atoms with Gasteiger partial charge in [-0.25, -0.2) is 0 Å². The first-order valence-corrected chi connectivity index (χ1v) is 7.87. The van der Waals surface area contributed by atoms with Crippen LogP contribution >= 0.6 is 0 Å². The van der Waals surface area contributed by atoms with Gasteiger partial charge in [-0.3, -0.25) is 4.90 Å². The molecular formula is C16H31NO. The van der Waals surface area contributed by atoms with Gasteiger partial charge in [0.1, 0.15) is 0 Å². The number of hydrogen-bond donors (Lipinski definition) is 1. The van der Waals surface area contributed by atoms with Gasteiger partial charge in [-0.15, -0.1) is 0 Å². The van der Waals surface area contributed by atoms with E-state index in [9.17, 15) is 5.11 Å². The maximum Gasteiger partial charge on any atom is 0.0555 e. The van der Waals surface area contributed by atoms with Gasteiger partial charge in [0, 0.05) is 12.1 Å². The lowest BCUT2D eigenvalue weighted by molar-refractivity contribution is -0.0150. The van der Waals surface area contributed by atoms with Crippen LogP contribution in [-0.4, -0.2) is 34.7 Å². The van der Waals surface area contributed by atoms with Gasteiger partial charge in [0.05, 0.1) is 6.10 Å². The Morgan fingerprint density at radius 2 is 1.78 bits per heavy atom. The molecule has 3 unspecified atom stereocenters. The van der Waals surface area contributed by atoms with E-state index < -0.39 is 0 Å². The summed E-state index contributed by atoms with van der Waals surface area (Å²) >= 11 is 0. The van der Waals surface area contributed by atoms with Gasteiger partial charge in [0.25, 0.3) is 0 Å². The van der Waals surface area contributed by atoms with Crippen molar-refractivity contribution < 1.29 is 5.11 Å². The lowest BCUT2D eigenvalue weighted by atomic mass is 9.68.